The number of piperidine rings is 1. The van der Waals surface area contributed by atoms with E-state index in [0.717, 1.165) is 30.6 Å². The van der Waals surface area contributed by atoms with Crippen LogP contribution in [0.25, 0.3) is 0 Å². The monoisotopic (exact) mass is 442 g/mol. The minimum absolute atomic E-state index is 0.212. The molecule has 31 heavy (non-hydrogen) atoms. The lowest BCUT2D eigenvalue weighted by molar-refractivity contribution is 0.0619. The van der Waals surface area contributed by atoms with Crippen LogP contribution in [0.1, 0.15) is 67.1 Å². The van der Waals surface area contributed by atoms with Gasteiger partial charge < -0.3 is 10.1 Å². The summed E-state index contributed by atoms with van der Waals surface area (Å²) in [6, 6.07) is 12.4. The third-order valence-corrected chi connectivity index (χ3v) is 8.11. The number of hydrogen-bond acceptors (Lipinski definition) is 4. The Kier molecular flexibility index (Phi) is 5.83. The van der Waals surface area contributed by atoms with Crippen LogP contribution in [-0.4, -0.2) is 37.3 Å². The molecule has 0 radical (unpaired) electrons. The Morgan fingerprint density at radius 3 is 2.55 bits per heavy atom. The molecule has 1 saturated heterocycles. The Morgan fingerprint density at radius 1 is 1.10 bits per heavy atom. The zero-order valence-corrected chi connectivity index (χ0v) is 19.2. The van der Waals surface area contributed by atoms with Gasteiger partial charge >= 0.3 is 0 Å². The van der Waals surface area contributed by atoms with Gasteiger partial charge in [-0.1, -0.05) is 30.7 Å². The number of hydrogen-bond donors (Lipinski definition) is 1. The topological polar surface area (TPSA) is 75.7 Å². The molecule has 2 heterocycles. The van der Waals surface area contributed by atoms with Crippen molar-refractivity contribution in [2.75, 3.05) is 13.1 Å². The van der Waals surface area contributed by atoms with Gasteiger partial charge in [0, 0.05) is 30.6 Å². The molecule has 7 heteroatoms. The summed E-state index contributed by atoms with van der Waals surface area (Å²) in [6.07, 6.45) is 3.42. The second-order valence-electron chi connectivity index (χ2n) is 9.07. The molecule has 0 aliphatic carbocycles. The summed E-state index contributed by atoms with van der Waals surface area (Å²) in [5.74, 6) is 0.480. The number of carbonyl (C=O) groups is 1. The van der Waals surface area contributed by atoms with Crippen LogP contribution in [0.4, 0.5) is 0 Å². The average Bonchev–Trinajstić information content (AvgIpc) is 2.73. The van der Waals surface area contributed by atoms with E-state index in [4.69, 9.17) is 4.74 Å². The minimum Gasteiger partial charge on any atom is -0.487 e. The Bertz CT molecular complexity index is 1090. The Balaban J connectivity index is 1.61. The van der Waals surface area contributed by atoms with Gasteiger partial charge in [0.1, 0.15) is 11.4 Å². The highest BCUT2D eigenvalue weighted by atomic mass is 32.2. The SMILES string of the molecule is Cc1ccc(C(=O)N[C@@H]2CC(C)(C)Oc3ccccc32)cc1S(=O)(=O)N1CCCCC1. The standard InChI is InChI=1S/C24H30N2O4S/c1-17-11-12-18(15-22(17)31(28,29)26-13-7-4-8-14-26)23(27)25-20-16-24(2,3)30-21-10-6-5-9-19(20)21/h5-6,9-12,15,20H,4,7-8,13-14,16H2,1-3H3,(H,25,27)/t20-/m1/s1. The third-order valence-electron chi connectivity index (χ3n) is 6.06. The van der Waals surface area contributed by atoms with Crippen molar-refractivity contribution in [1.82, 2.24) is 9.62 Å². The summed E-state index contributed by atoms with van der Waals surface area (Å²) in [5, 5.41) is 3.10. The molecular weight excluding hydrogens is 412 g/mol. The summed E-state index contributed by atoms with van der Waals surface area (Å²) in [5.41, 5.74) is 1.52. The number of ether oxygens (including phenoxy) is 1. The van der Waals surface area contributed by atoms with Crippen LogP contribution >= 0.6 is 0 Å². The molecule has 2 aromatic carbocycles. The molecule has 2 aromatic rings. The third kappa shape index (κ3) is 4.48. The molecule has 166 valence electrons. The molecule has 1 amide bonds. The van der Waals surface area contributed by atoms with Crippen LogP contribution in [0.5, 0.6) is 5.75 Å². The van der Waals surface area contributed by atoms with E-state index >= 15 is 0 Å². The van der Waals surface area contributed by atoms with Gasteiger partial charge in [0.15, 0.2) is 0 Å². The lowest BCUT2D eigenvalue weighted by Gasteiger charge is -2.37. The molecule has 2 aliphatic rings. The summed E-state index contributed by atoms with van der Waals surface area (Å²) in [4.78, 5) is 13.4. The predicted molar refractivity (Wildman–Crippen MR) is 120 cm³/mol. The van der Waals surface area contributed by atoms with E-state index in [-0.39, 0.29) is 16.8 Å². The first-order valence-electron chi connectivity index (χ1n) is 10.9. The Labute approximate surface area is 184 Å². The van der Waals surface area contributed by atoms with Crippen molar-refractivity contribution in [2.24, 2.45) is 0 Å². The largest absolute Gasteiger partial charge is 0.487 e. The smallest absolute Gasteiger partial charge is 0.251 e. The number of fused-ring (bicyclic) bond motifs is 1. The van der Waals surface area contributed by atoms with Gasteiger partial charge in [-0.15, -0.1) is 0 Å². The number of para-hydroxylation sites is 1. The molecule has 0 spiro atoms. The van der Waals surface area contributed by atoms with Crippen LogP contribution < -0.4 is 10.1 Å². The van der Waals surface area contributed by atoms with E-state index in [1.165, 1.54) is 10.4 Å². The fraction of sp³-hybridized carbons (Fsp3) is 0.458. The highest BCUT2D eigenvalue weighted by Gasteiger charge is 2.35. The van der Waals surface area contributed by atoms with E-state index in [9.17, 15) is 13.2 Å². The van der Waals surface area contributed by atoms with Gasteiger partial charge in [0.2, 0.25) is 10.0 Å². The van der Waals surface area contributed by atoms with E-state index in [1.54, 1.807) is 19.1 Å². The van der Waals surface area contributed by atoms with Gasteiger partial charge in [0.25, 0.3) is 5.91 Å². The molecule has 1 N–H and O–H groups in total. The second kappa shape index (κ2) is 8.28. The van der Waals surface area contributed by atoms with E-state index in [1.807, 2.05) is 38.1 Å². The van der Waals surface area contributed by atoms with Crippen LogP contribution in [0, 0.1) is 6.92 Å². The molecule has 0 bridgehead atoms. The first-order valence-corrected chi connectivity index (χ1v) is 12.3. The van der Waals surface area contributed by atoms with Crippen LogP contribution in [-0.2, 0) is 10.0 Å². The number of rotatable bonds is 4. The molecule has 1 fully saturated rings. The van der Waals surface area contributed by atoms with Crippen LogP contribution in [0.2, 0.25) is 0 Å². The number of aryl methyl sites for hydroxylation is 1. The summed E-state index contributed by atoms with van der Waals surface area (Å²) < 4.78 is 34.0. The maximum Gasteiger partial charge on any atom is 0.251 e. The van der Waals surface area contributed by atoms with Crippen molar-refractivity contribution < 1.29 is 17.9 Å². The van der Waals surface area contributed by atoms with Gasteiger partial charge in [-0.3, -0.25) is 4.79 Å². The zero-order chi connectivity index (χ0) is 22.2. The molecule has 0 saturated carbocycles. The van der Waals surface area contributed by atoms with Gasteiger partial charge in [-0.2, -0.15) is 4.31 Å². The number of nitrogens with one attached hydrogen (secondary N) is 1. The van der Waals surface area contributed by atoms with Crippen molar-refractivity contribution >= 4 is 15.9 Å². The number of carbonyl (C=O) groups excluding carboxylic acids is 1. The number of nitrogens with zero attached hydrogens (tertiary/aromatic N) is 1. The normalized spacial score (nSPS) is 21.1. The fourth-order valence-electron chi connectivity index (χ4n) is 4.44. The van der Waals surface area contributed by atoms with Crippen molar-refractivity contribution in [3.8, 4) is 5.75 Å². The van der Waals surface area contributed by atoms with Crippen molar-refractivity contribution in [1.29, 1.82) is 0 Å². The van der Waals surface area contributed by atoms with Crippen LogP contribution in [0.15, 0.2) is 47.4 Å². The maximum absolute atomic E-state index is 13.2. The summed E-state index contributed by atoms with van der Waals surface area (Å²) >= 11 is 0. The fourth-order valence-corrected chi connectivity index (χ4v) is 6.20. The molecule has 6 nitrogen and oxygen atoms in total. The van der Waals surface area contributed by atoms with Crippen molar-refractivity contribution in [2.45, 2.75) is 63.0 Å². The predicted octanol–water partition coefficient (Wildman–Crippen LogP) is 4.20. The van der Waals surface area contributed by atoms with Crippen molar-refractivity contribution in [3.63, 3.8) is 0 Å². The quantitative estimate of drug-likeness (QED) is 0.770. The molecule has 4 rings (SSSR count). The molecule has 0 aromatic heterocycles. The molecule has 1 atom stereocenters. The lowest BCUT2D eigenvalue weighted by Crippen LogP contribution is -2.41. The maximum atomic E-state index is 13.2. The summed E-state index contributed by atoms with van der Waals surface area (Å²) in [6.45, 7) is 6.84. The van der Waals surface area contributed by atoms with E-state index < -0.39 is 15.6 Å². The zero-order valence-electron chi connectivity index (χ0n) is 18.3. The number of amides is 1. The van der Waals surface area contributed by atoms with Gasteiger partial charge in [-0.05, 0) is 57.4 Å². The minimum atomic E-state index is -3.62. The van der Waals surface area contributed by atoms with Crippen molar-refractivity contribution in [3.05, 3.63) is 59.2 Å². The first kappa shape index (κ1) is 21.8. The highest BCUT2D eigenvalue weighted by Crippen LogP contribution is 2.39. The first-order chi connectivity index (χ1) is 14.7. The van der Waals surface area contributed by atoms with Gasteiger partial charge in [0.05, 0.1) is 10.9 Å². The average molecular weight is 443 g/mol. The van der Waals surface area contributed by atoms with E-state index in [2.05, 4.69) is 5.32 Å². The Morgan fingerprint density at radius 2 is 1.81 bits per heavy atom. The lowest BCUT2D eigenvalue weighted by atomic mass is 9.89. The molecule has 2 aliphatic heterocycles. The second-order valence-corrected chi connectivity index (χ2v) is 11.0. The van der Waals surface area contributed by atoms with Gasteiger partial charge in [-0.25, -0.2) is 8.42 Å². The molecular formula is C24H30N2O4S. The van der Waals surface area contributed by atoms with Crippen LogP contribution in [0.3, 0.4) is 0 Å². The van der Waals surface area contributed by atoms with E-state index in [0.29, 0.717) is 30.6 Å². The molecule has 0 unspecified atom stereocenters. The number of benzene rings is 2. The summed E-state index contributed by atoms with van der Waals surface area (Å²) in [7, 11) is -3.62. The highest BCUT2D eigenvalue weighted by molar-refractivity contribution is 7.89. The Hall–Kier alpha value is -2.38. The number of sulfonamides is 1.